The van der Waals surface area contributed by atoms with Gasteiger partial charge >= 0.3 is 5.97 Å². The molecule has 3 aromatic rings. The molecular formula is C26H24N2O6. The Hall–Kier alpha value is -4.20. The normalized spacial score (nSPS) is 18.3. The predicted octanol–water partition coefficient (Wildman–Crippen LogP) is 4.44. The van der Waals surface area contributed by atoms with Crippen LogP contribution in [0.2, 0.25) is 0 Å². The Morgan fingerprint density at radius 2 is 1.85 bits per heavy atom. The van der Waals surface area contributed by atoms with Crippen LogP contribution in [0.1, 0.15) is 45.7 Å². The number of hydrogen-bond acceptors (Lipinski definition) is 8. The molecule has 1 N–H and O–H groups in total. The highest BCUT2D eigenvalue weighted by molar-refractivity contribution is 6.04. The van der Waals surface area contributed by atoms with Gasteiger partial charge in [-0.25, -0.2) is 9.80 Å². The van der Waals surface area contributed by atoms with Crippen molar-refractivity contribution >= 4 is 11.7 Å². The first-order valence-electron chi connectivity index (χ1n) is 10.8. The number of para-hydroxylation sites is 1. The van der Waals surface area contributed by atoms with Gasteiger partial charge in [-0.15, -0.1) is 0 Å². The zero-order valence-electron chi connectivity index (χ0n) is 19.0. The molecule has 0 amide bonds. The van der Waals surface area contributed by atoms with Crippen LogP contribution < -0.4 is 14.2 Å². The van der Waals surface area contributed by atoms with Crippen LogP contribution in [0.15, 0.2) is 65.8 Å². The molecule has 8 heteroatoms. The summed E-state index contributed by atoms with van der Waals surface area (Å²) < 4.78 is 22.2. The summed E-state index contributed by atoms with van der Waals surface area (Å²) in [5.41, 5.74) is 3.54. The summed E-state index contributed by atoms with van der Waals surface area (Å²) in [7, 11) is 4.54. The van der Waals surface area contributed by atoms with Crippen LogP contribution in [0.4, 0.5) is 0 Å². The highest BCUT2D eigenvalue weighted by Gasteiger charge is 2.42. The van der Waals surface area contributed by atoms with Crippen LogP contribution in [-0.4, -0.2) is 43.1 Å². The Balaban J connectivity index is 1.60. The summed E-state index contributed by atoms with van der Waals surface area (Å²) in [6.45, 7) is 0. The van der Waals surface area contributed by atoms with E-state index in [9.17, 15) is 9.90 Å². The number of hydrogen-bond donors (Lipinski definition) is 1. The van der Waals surface area contributed by atoms with Crippen molar-refractivity contribution < 1.29 is 28.8 Å². The molecule has 0 saturated heterocycles. The van der Waals surface area contributed by atoms with E-state index in [1.165, 1.54) is 7.11 Å². The maximum Gasteiger partial charge on any atom is 0.337 e. The molecule has 2 heterocycles. The fourth-order valence-electron chi connectivity index (χ4n) is 4.40. The van der Waals surface area contributed by atoms with Gasteiger partial charge in [-0.2, -0.15) is 5.10 Å². The summed E-state index contributed by atoms with van der Waals surface area (Å²) in [5, 5.41) is 17.3. The lowest BCUT2D eigenvalue weighted by Crippen LogP contribution is -2.33. The number of rotatable bonds is 5. The number of carbonyl (C=O) groups is 1. The lowest BCUT2D eigenvalue weighted by atomic mass is 9.95. The second kappa shape index (κ2) is 8.62. The van der Waals surface area contributed by atoms with Crippen LogP contribution in [0.5, 0.6) is 23.0 Å². The van der Waals surface area contributed by atoms with Gasteiger partial charge in [-0.3, -0.25) is 0 Å². The molecule has 8 nitrogen and oxygen atoms in total. The van der Waals surface area contributed by atoms with Gasteiger partial charge in [0.05, 0.1) is 38.6 Å². The quantitative estimate of drug-likeness (QED) is 0.563. The zero-order valence-corrected chi connectivity index (χ0v) is 19.0. The minimum atomic E-state index is -0.564. The molecule has 0 aliphatic carbocycles. The van der Waals surface area contributed by atoms with Crippen LogP contribution in [0.3, 0.4) is 0 Å². The van der Waals surface area contributed by atoms with Crippen molar-refractivity contribution in [2.24, 2.45) is 5.10 Å². The number of benzene rings is 3. The highest BCUT2D eigenvalue weighted by Crippen LogP contribution is 2.51. The third kappa shape index (κ3) is 3.57. The van der Waals surface area contributed by atoms with Crippen molar-refractivity contribution in [3.63, 3.8) is 0 Å². The molecule has 3 aromatic carbocycles. The second-order valence-corrected chi connectivity index (χ2v) is 7.99. The fourth-order valence-corrected chi connectivity index (χ4v) is 4.40. The first-order chi connectivity index (χ1) is 16.5. The van der Waals surface area contributed by atoms with E-state index in [4.69, 9.17) is 24.0 Å². The monoisotopic (exact) mass is 460 g/mol. The van der Waals surface area contributed by atoms with Crippen molar-refractivity contribution in [3.8, 4) is 23.0 Å². The molecule has 0 saturated carbocycles. The number of fused-ring (bicyclic) bond motifs is 3. The van der Waals surface area contributed by atoms with Crippen molar-refractivity contribution in [2.45, 2.75) is 18.7 Å². The standard InChI is InChI=1S/C26H24N2O6/c1-31-17-11-12-22(29)19(13-17)20-14-21-18-5-4-6-23(32-2)24(18)34-25(28(21)27-20)15-7-9-16(10-8-15)26(30)33-3/h4-13,21,25,29H,14H2,1-3H3. The number of nitrogens with zero attached hydrogens (tertiary/aromatic N) is 2. The first kappa shape index (κ1) is 21.6. The van der Waals surface area contributed by atoms with Crippen molar-refractivity contribution in [1.82, 2.24) is 5.01 Å². The van der Waals surface area contributed by atoms with Gasteiger partial charge in [0.2, 0.25) is 6.23 Å². The van der Waals surface area contributed by atoms with Crippen molar-refractivity contribution in [2.75, 3.05) is 21.3 Å². The van der Waals surface area contributed by atoms with Gasteiger partial charge in [-0.1, -0.05) is 24.3 Å². The number of methoxy groups -OCH3 is 3. The Labute approximate surface area is 196 Å². The van der Waals surface area contributed by atoms with E-state index >= 15 is 0 Å². The number of hydrazone groups is 1. The first-order valence-corrected chi connectivity index (χ1v) is 10.8. The minimum absolute atomic E-state index is 0.130. The Morgan fingerprint density at radius 1 is 1.06 bits per heavy atom. The number of ether oxygens (including phenoxy) is 4. The Bertz CT molecular complexity index is 1270. The molecule has 174 valence electrons. The number of carbonyl (C=O) groups excluding carboxylic acids is 1. The van der Waals surface area contributed by atoms with Crippen LogP contribution >= 0.6 is 0 Å². The van der Waals surface area contributed by atoms with E-state index in [1.54, 1.807) is 44.6 Å². The molecule has 0 spiro atoms. The molecule has 34 heavy (non-hydrogen) atoms. The van der Waals surface area contributed by atoms with Gasteiger partial charge in [0.1, 0.15) is 11.5 Å². The van der Waals surface area contributed by atoms with Crippen LogP contribution in [-0.2, 0) is 4.74 Å². The maximum atomic E-state index is 11.9. The van der Waals surface area contributed by atoms with E-state index in [0.717, 1.165) is 16.8 Å². The van der Waals surface area contributed by atoms with Crippen molar-refractivity contribution in [1.29, 1.82) is 0 Å². The minimum Gasteiger partial charge on any atom is -0.507 e. The molecule has 2 aliphatic rings. The number of esters is 1. The van der Waals surface area contributed by atoms with E-state index in [2.05, 4.69) is 0 Å². The molecule has 0 fully saturated rings. The average Bonchev–Trinajstić information content (AvgIpc) is 3.33. The maximum absolute atomic E-state index is 11.9. The third-order valence-electron chi connectivity index (χ3n) is 6.13. The average molecular weight is 460 g/mol. The lowest BCUT2D eigenvalue weighted by Gasteiger charge is -2.38. The van der Waals surface area contributed by atoms with Gasteiger partial charge in [0.25, 0.3) is 0 Å². The smallest absolute Gasteiger partial charge is 0.337 e. The molecule has 2 unspecified atom stereocenters. The lowest BCUT2D eigenvalue weighted by molar-refractivity contribution is -0.0209. The predicted molar refractivity (Wildman–Crippen MR) is 125 cm³/mol. The molecular weight excluding hydrogens is 436 g/mol. The van der Waals surface area contributed by atoms with Gasteiger partial charge < -0.3 is 24.1 Å². The largest absolute Gasteiger partial charge is 0.507 e. The number of phenolic OH excluding ortho intramolecular Hbond substituents is 1. The Kier molecular flexibility index (Phi) is 5.49. The summed E-state index contributed by atoms with van der Waals surface area (Å²) in [5.74, 6) is 1.64. The van der Waals surface area contributed by atoms with E-state index in [1.807, 2.05) is 35.3 Å². The topological polar surface area (TPSA) is 89.8 Å². The van der Waals surface area contributed by atoms with Gasteiger partial charge in [-0.05, 0) is 36.4 Å². The molecule has 2 atom stereocenters. The SMILES string of the molecule is COC(=O)c1ccc(C2Oc3c(OC)cccc3C3CC(c4cc(OC)ccc4O)=NN32)cc1. The Morgan fingerprint density at radius 3 is 2.56 bits per heavy atom. The summed E-state index contributed by atoms with van der Waals surface area (Å²) in [4.78, 5) is 11.9. The van der Waals surface area contributed by atoms with Crippen LogP contribution in [0.25, 0.3) is 0 Å². The molecule has 0 bridgehead atoms. The van der Waals surface area contributed by atoms with E-state index < -0.39 is 12.2 Å². The van der Waals surface area contributed by atoms with Gasteiger partial charge in [0.15, 0.2) is 11.5 Å². The molecule has 0 radical (unpaired) electrons. The summed E-state index contributed by atoms with van der Waals surface area (Å²) in [6.07, 6.45) is -0.00758. The number of phenols is 1. The van der Waals surface area contributed by atoms with Crippen molar-refractivity contribution in [3.05, 3.63) is 82.9 Å². The van der Waals surface area contributed by atoms with E-state index in [-0.39, 0.29) is 11.8 Å². The molecule has 2 aliphatic heterocycles. The summed E-state index contributed by atoms with van der Waals surface area (Å²) >= 11 is 0. The van der Waals surface area contributed by atoms with E-state index in [0.29, 0.717) is 34.8 Å². The zero-order chi connectivity index (χ0) is 23.8. The second-order valence-electron chi connectivity index (χ2n) is 7.99. The summed E-state index contributed by atoms with van der Waals surface area (Å²) in [6, 6.07) is 17.8. The number of aromatic hydroxyl groups is 1. The van der Waals surface area contributed by atoms with Crippen LogP contribution in [0, 0.1) is 0 Å². The third-order valence-corrected chi connectivity index (χ3v) is 6.13. The molecule has 0 aromatic heterocycles. The highest BCUT2D eigenvalue weighted by atomic mass is 16.5. The van der Waals surface area contributed by atoms with Gasteiger partial charge in [0, 0.05) is 23.1 Å². The molecule has 5 rings (SSSR count). The fraction of sp³-hybridized carbons (Fsp3) is 0.231.